The van der Waals surface area contributed by atoms with Crippen LogP contribution in [0.4, 0.5) is 8.78 Å². The first kappa shape index (κ1) is 15.7. The number of hydrogen-bond donors (Lipinski definition) is 1. The van der Waals surface area contributed by atoms with Crippen molar-refractivity contribution in [1.29, 1.82) is 5.26 Å². The maximum atomic E-state index is 13.5. The summed E-state index contributed by atoms with van der Waals surface area (Å²) in [6, 6.07) is 5.47. The molecule has 1 saturated heterocycles. The average Bonchev–Trinajstić information content (AvgIpc) is 2.99. The lowest BCUT2D eigenvalue weighted by Crippen LogP contribution is -2.60. The molecule has 2 aliphatic heterocycles. The van der Waals surface area contributed by atoms with Crippen LogP contribution in [0.25, 0.3) is 0 Å². The Balaban J connectivity index is 2.14. The van der Waals surface area contributed by atoms with Gasteiger partial charge < -0.3 is 14.7 Å². The molecule has 1 aromatic rings. The van der Waals surface area contributed by atoms with Gasteiger partial charge in [0.05, 0.1) is 17.7 Å². The van der Waals surface area contributed by atoms with Crippen LogP contribution < -0.4 is 4.74 Å². The number of aliphatic hydroxyl groups excluding tert-OH is 1. The standard InChI is InChI=1S/C16H16F2N2O3/c17-8-16(9-18)15(22)14(20-5-1-2-13(20)21)11-6-10(7-19)3-4-12(11)23-16/h3-4,6,14-15,22H,1-2,5,8-9H2. The van der Waals surface area contributed by atoms with Crippen molar-refractivity contribution in [3.63, 3.8) is 0 Å². The van der Waals surface area contributed by atoms with Crippen molar-refractivity contribution < 1.29 is 23.4 Å². The number of rotatable bonds is 3. The van der Waals surface area contributed by atoms with E-state index in [0.717, 1.165) is 0 Å². The fourth-order valence-corrected chi connectivity index (χ4v) is 3.23. The third kappa shape index (κ3) is 2.34. The molecule has 1 fully saturated rings. The van der Waals surface area contributed by atoms with E-state index in [1.165, 1.54) is 23.1 Å². The zero-order chi connectivity index (χ0) is 16.6. The summed E-state index contributed by atoms with van der Waals surface area (Å²) in [6.45, 7) is -2.04. The number of ether oxygens (including phenoxy) is 1. The fraction of sp³-hybridized carbons (Fsp3) is 0.500. The molecule has 2 atom stereocenters. The molecule has 0 spiro atoms. The summed E-state index contributed by atoms with van der Waals surface area (Å²) >= 11 is 0. The first-order valence-electron chi connectivity index (χ1n) is 7.39. The van der Waals surface area contributed by atoms with Gasteiger partial charge in [-0.3, -0.25) is 4.79 Å². The van der Waals surface area contributed by atoms with Crippen LogP contribution >= 0.6 is 0 Å². The van der Waals surface area contributed by atoms with Crippen molar-refractivity contribution in [2.24, 2.45) is 0 Å². The van der Waals surface area contributed by atoms with E-state index in [1.807, 2.05) is 6.07 Å². The fourth-order valence-electron chi connectivity index (χ4n) is 3.23. The minimum atomic E-state index is -2.03. The largest absolute Gasteiger partial charge is 0.479 e. The summed E-state index contributed by atoms with van der Waals surface area (Å²) in [5, 5.41) is 19.6. The van der Waals surface area contributed by atoms with Crippen LogP contribution in [-0.2, 0) is 4.79 Å². The first-order valence-corrected chi connectivity index (χ1v) is 7.39. The van der Waals surface area contributed by atoms with Gasteiger partial charge in [-0.15, -0.1) is 0 Å². The maximum Gasteiger partial charge on any atom is 0.223 e. The molecule has 2 aliphatic rings. The molecular formula is C16H16F2N2O3. The zero-order valence-electron chi connectivity index (χ0n) is 12.3. The lowest BCUT2D eigenvalue weighted by molar-refractivity contribution is -0.149. The molecule has 0 radical (unpaired) electrons. The summed E-state index contributed by atoms with van der Waals surface area (Å²) in [5.41, 5.74) is -1.30. The minimum absolute atomic E-state index is 0.184. The quantitative estimate of drug-likeness (QED) is 0.918. The number of carbonyl (C=O) groups is 1. The molecule has 0 saturated carbocycles. The second kappa shape index (κ2) is 5.78. The van der Waals surface area contributed by atoms with E-state index in [9.17, 15) is 18.7 Å². The Morgan fingerprint density at radius 3 is 2.74 bits per heavy atom. The van der Waals surface area contributed by atoms with Gasteiger partial charge in [0, 0.05) is 18.5 Å². The molecule has 1 N–H and O–H groups in total. The number of nitriles is 1. The Labute approximate surface area is 132 Å². The highest BCUT2D eigenvalue weighted by molar-refractivity contribution is 5.79. The van der Waals surface area contributed by atoms with Gasteiger partial charge in [-0.05, 0) is 24.6 Å². The lowest BCUT2D eigenvalue weighted by Gasteiger charge is -2.46. The van der Waals surface area contributed by atoms with Crippen LogP contribution in [0.3, 0.4) is 0 Å². The number of benzene rings is 1. The lowest BCUT2D eigenvalue weighted by atomic mass is 9.84. The van der Waals surface area contributed by atoms with Crippen molar-refractivity contribution in [1.82, 2.24) is 4.90 Å². The van der Waals surface area contributed by atoms with Crippen LogP contribution in [0.2, 0.25) is 0 Å². The molecule has 1 amide bonds. The monoisotopic (exact) mass is 322 g/mol. The molecule has 122 valence electrons. The highest BCUT2D eigenvalue weighted by atomic mass is 19.1. The average molecular weight is 322 g/mol. The molecule has 2 heterocycles. The Kier molecular flexibility index (Phi) is 3.94. The predicted octanol–water partition coefficient (Wildman–Crippen LogP) is 1.65. The predicted molar refractivity (Wildman–Crippen MR) is 76.2 cm³/mol. The highest BCUT2D eigenvalue weighted by Crippen LogP contribution is 2.45. The van der Waals surface area contributed by atoms with Gasteiger partial charge in [-0.1, -0.05) is 0 Å². The van der Waals surface area contributed by atoms with Crippen LogP contribution in [0.5, 0.6) is 5.75 Å². The number of alkyl halides is 2. The van der Waals surface area contributed by atoms with E-state index >= 15 is 0 Å². The van der Waals surface area contributed by atoms with E-state index in [0.29, 0.717) is 30.5 Å². The van der Waals surface area contributed by atoms with Gasteiger partial charge in [0.1, 0.15) is 25.2 Å². The molecule has 0 aromatic heterocycles. The van der Waals surface area contributed by atoms with Crippen LogP contribution in [-0.4, -0.2) is 47.5 Å². The number of halogens is 2. The molecular weight excluding hydrogens is 306 g/mol. The number of nitrogens with zero attached hydrogens (tertiary/aromatic N) is 2. The van der Waals surface area contributed by atoms with E-state index < -0.39 is 31.1 Å². The van der Waals surface area contributed by atoms with Gasteiger partial charge in [0.15, 0.2) is 5.60 Å². The third-order valence-electron chi connectivity index (χ3n) is 4.51. The summed E-state index contributed by atoms with van der Waals surface area (Å²) in [6.07, 6.45) is -0.606. The Morgan fingerprint density at radius 1 is 1.43 bits per heavy atom. The number of likely N-dealkylation sites (tertiary alicyclic amines) is 1. The summed E-state index contributed by atoms with van der Waals surface area (Å²) in [5.74, 6) is 0.00479. The summed E-state index contributed by atoms with van der Waals surface area (Å²) in [7, 11) is 0. The molecule has 0 bridgehead atoms. The summed E-state index contributed by atoms with van der Waals surface area (Å²) in [4.78, 5) is 13.5. The second-order valence-electron chi connectivity index (χ2n) is 5.88. The van der Waals surface area contributed by atoms with Gasteiger partial charge in [-0.25, -0.2) is 8.78 Å². The van der Waals surface area contributed by atoms with E-state index in [4.69, 9.17) is 10.00 Å². The Morgan fingerprint density at radius 2 is 2.17 bits per heavy atom. The van der Waals surface area contributed by atoms with Crippen molar-refractivity contribution >= 4 is 5.91 Å². The number of amides is 1. The molecule has 23 heavy (non-hydrogen) atoms. The summed E-state index contributed by atoms with van der Waals surface area (Å²) < 4.78 is 32.4. The van der Waals surface area contributed by atoms with Gasteiger partial charge in [0.2, 0.25) is 5.91 Å². The van der Waals surface area contributed by atoms with Crippen LogP contribution in [0, 0.1) is 11.3 Å². The number of hydrogen-bond acceptors (Lipinski definition) is 4. The Bertz CT molecular complexity index is 670. The van der Waals surface area contributed by atoms with E-state index in [-0.39, 0.29) is 11.7 Å². The van der Waals surface area contributed by atoms with Gasteiger partial charge in [0.25, 0.3) is 0 Å². The van der Waals surface area contributed by atoms with Crippen molar-refractivity contribution in [2.75, 3.05) is 19.9 Å². The minimum Gasteiger partial charge on any atom is -0.479 e. The highest BCUT2D eigenvalue weighted by Gasteiger charge is 2.53. The number of carbonyl (C=O) groups excluding carboxylic acids is 1. The molecule has 5 nitrogen and oxygen atoms in total. The van der Waals surface area contributed by atoms with Crippen LogP contribution in [0.15, 0.2) is 18.2 Å². The van der Waals surface area contributed by atoms with E-state index in [1.54, 1.807) is 0 Å². The van der Waals surface area contributed by atoms with Crippen molar-refractivity contribution in [3.05, 3.63) is 29.3 Å². The molecule has 3 rings (SSSR count). The number of aliphatic hydroxyl groups is 1. The van der Waals surface area contributed by atoms with Gasteiger partial charge in [-0.2, -0.15) is 5.26 Å². The molecule has 0 aliphatic carbocycles. The topological polar surface area (TPSA) is 73.6 Å². The maximum absolute atomic E-state index is 13.5. The second-order valence-corrected chi connectivity index (χ2v) is 5.88. The Hall–Kier alpha value is -2.20. The first-order chi connectivity index (χ1) is 11.1. The molecule has 7 heteroatoms. The molecule has 1 aromatic carbocycles. The third-order valence-corrected chi connectivity index (χ3v) is 4.51. The van der Waals surface area contributed by atoms with Gasteiger partial charge >= 0.3 is 0 Å². The van der Waals surface area contributed by atoms with Crippen molar-refractivity contribution in [3.8, 4) is 11.8 Å². The molecule has 2 unspecified atom stereocenters. The van der Waals surface area contributed by atoms with E-state index in [2.05, 4.69) is 0 Å². The van der Waals surface area contributed by atoms with Crippen molar-refractivity contribution in [2.45, 2.75) is 30.6 Å². The zero-order valence-corrected chi connectivity index (χ0v) is 12.3. The van der Waals surface area contributed by atoms with Crippen LogP contribution in [0.1, 0.15) is 30.0 Å². The number of fused-ring (bicyclic) bond motifs is 1. The smallest absolute Gasteiger partial charge is 0.223 e. The normalized spacial score (nSPS) is 25.7. The SMILES string of the molecule is N#Cc1ccc2c(c1)C(N1CCCC1=O)C(O)C(CF)(CF)O2.